The SMILES string of the molecule is OC[C@@H](O)[C@@H](O)[C@@H](O)c1nc2cc(Br)c(Br)cc2[nH]1. The van der Waals surface area contributed by atoms with Crippen LogP contribution < -0.4 is 0 Å². The molecule has 5 N–H and O–H groups in total. The van der Waals surface area contributed by atoms with E-state index in [-0.39, 0.29) is 5.82 Å². The van der Waals surface area contributed by atoms with Crippen molar-refractivity contribution in [3.8, 4) is 0 Å². The van der Waals surface area contributed by atoms with Crippen LogP contribution in [0.15, 0.2) is 21.1 Å². The van der Waals surface area contributed by atoms with E-state index in [0.29, 0.717) is 11.0 Å². The van der Waals surface area contributed by atoms with Crippen LogP contribution in [0.2, 0.25) is 0 Å². The van der Waals surface area contributed by atoms with E-state index in [1.807, 2.05) is 0 Å². The van der Waals surface area contributed by atoms with E-state index in [1.165, 1.54) is 0 Å². The van der Waals surface area contributed by atoms with Crippen LogP contribution in [0.25, 0.3) is 11.0 Å². The summed E-state index contributed by atoms with van der Waals surface area (Å²) >= 11 is 6.69. The molecule has 2 aromatic rings. The van der Waals surface area contributed by atoms with Gasteiger partial charge in [0, 0.05) is 8.95 Å². The van der Waals surface area contributed by atoms with Crippen LogP contribution in [0, 0.1) is 0 Å². The summed E-state index contributed by atoms with van der Waals surface area (Å²) in [5.41, 5.74) is 1.28. The molecule has 0 spiro atoms. The second-order valence-corrected chi connectivity index (χ2v) is 5.80. The predicted octanol–water partition coefficient (Wildman–Crippen LogP) is 0.835. The maximum absolute atomic E-state index is 9.89. The van der Waals surface area contributed by atoms with Crippen molar-refractivity contribution >= 4 is 42.9 Å². The zero-order chi connectivity index (χ0) is 14.2. The minimum atomic E-state index is -1.52. The molecule has 3 atom stereocenters. The van der Waals surface area contributed by atoms with Gasteiger partial charge in [-0.2, -0.15) is 0 Å². The van der Waals surface area contributed by atoms with E-state index in [1.54, 1.807) is 12.1 Å². The number of H-pyrrole nitrogens is 1. The topological polar surface area (TPSA) is 110 Å². The fourth-order valence-corrected chi connectivity index (χ4v) is 2.32. The van der Waals surface area contributed by atoms with E-state index in [0.717, 1.165) is 8.95 Å². The van der Waals surface area contributed by atoms with Crippen molar-refractivity contribution in [2.75, 3.05) is 6.61 Å². The maximum atomic E-state index is 9.89. The number of aliphatic hydroxyl groups excluding tert-OH is 4. The number of imidazole rings is 1. The first-order chi connectivity index (χ1) is 8.93. The highest BCUT2D eigenvalue weighted by Gasteiger charge is 2.27. The Bertz CT molecular complexity index is 550. The molecule has 0 aliphatic carbocycles. The van der Waals surface area contributed by atoms with E-state index >= 15 is 0 Å². The Morgan fingerprint density at radius 1 is 1.16 bits per heavy atom. The molecule has 0 fully saturated rings. The fraction of sp³-hybridized carbons (Fsp3) is 0.364. The molecule has 0 bridgehead atoms. The number of fused-ring (bicyclic) bond motifs is 1. The third-order valence-corrected chi connectivity index (χ3v) is 4.57. The van der Waals surface area contributed by atoms with Crippen molar-refractivity contribution in [3.63, 3.8) is 0 Å². The molecule has 19 heavy (non-hydrogen) atoms. The Hall–Kier alpha value is -0.510. The van der Waals surface area contributed by atoms with Gasteiger partial charge in [-0.15, -0.1) is 0 Å². The first-order valence-electron chi connectivity index (χ1n) is 5.43. The van der Waals surface area contributed by atoms with E-state index in [2.05, 4.69) is 41.8 Å². The van der Waals surface area contributed by atoms with Crippen LogP contribution in [0.5, 0.6) is 0 Å². The standard InChI is InChI=1S/C11H12Br2N2O4/c12-4-1-6-7(2-5(4)13)15-11(14-6)10(19)9(18)8(17)3-16/h1-2,8-10,16-19H,3H2,(H,14,15)/t8-,9-,10-/m1/s1. The quantitative estimate of drug-likeness (QED) is 0.526. The molecule has 8 heteroatoms. The molecular weight excluding hydrogens is 384 g/mol. The second-order valence-electron chi connectivity index (χ2n) is 4.09. The van der Waals surface area contributed by atoms with Crippen molar-refractivity contribution < 1.29 is 20.4 Å². The summed E-state index contributed by atoms with van der Waals surface area (Å²) in [5.74, 6) is 0.125. The lowest BCUT2D eigenvalue weighted by atomic mass is 10.1. The van der Waals surface area contributed by atoms with Gasteiger partial charge < -0.3 is 25.4 Å². The van der Waals surface area contributed by atoms with Crippen LogP contribution >= 0.6 is 31.9 Å². The van der Waals surface area contributed by atoms with Crippen molar-refractivity contribution in [1.82, 2.24) is 9.97 Å². The third kappa shape index (κ3) is 2.99. The van der Waals surface area contributed by atoms with Gasteiger partial charge in [-0.25, -0.2) is 4.98 Å². The molecular formula is C11H12Br2N2O4. The highest BCUT2D eigenvalue weighted by molar-refractivity contribution is 9.13. The number of nitrogens with zero attached hydrogens (tertiary/aromatic N) is 1. The Morgan fingerprint density at radius 3 is 2.42 bits per heavy atom. The zero-order valence-electron chi connectivity index (χ0n) is 9.59. The van der Waals surface area contributed by atoms with Gasteiger partial charge in [0.15, 0.2) is 0 Å². The summed E-state index contributed by atoms with van der Waals surface area (Å²) in [5, 5.41) is 37.6. The Morgan fingerprint density at radius 2 is 1.79 bits per heavy atom. The molecule has 0 amide bonds. The lowest BCUT2D eigenvalue weighted by Crippen LogP contribution is -2.35. The van der Waals surface area contributed by atoms with Gasteiger partial charge in [0.2, 0.25) is 0 Å². The number of aliphatic hydroxyl groups is 4. The van der Waals surface area contributed by atoms with E-state index < -0.39 is 24.9 Å². The van der Waals surface area contributed by atoms with Crippen molar-refractivity contribution in [2.45, 2.75) is 18.3 Å². The van der Waals surface area contributed by atoms with Crippen LogP contribution in [0.1, 0.15) is 11.9 Å². The number of hydrogen-bond acceptors (Lipinski definition) is 5. The van der Waals surface area contributed by atoms with Crippen LogP contribution in [-0.2, 0) is 0 Å². The van der Waals surface area contributed by atoms with Crippen LogP contribution in [0.3, 0.4) is 0 Å². The van der Waals surface area contributed by atoms with E-state index in [9.17, 15) is 15.3 Å². The van der Waals surface area contributed by atoms with Crippen LogP contribution in [0.4, 0.5) is 0 Å². The smallest absolute Gasteiger partial charge is 0.140 e. The maximum Gasteiger partial charge on any atom is 0.140 e. The molecule has 0 unspecified atom stereocenters. The first kappa shape index (κ1) is 14.9. The molecule has 104 valence electrons. The highest BCUT2D eigenvalue weighted by Crippen LogP contribution is 2.29. The molecule has 0 saturated heterocycles. The number of halogens is 2. The van der Waals surface area contributed by atoms with Gasteiger partial charge in [0.05, 0.1) is 17.6 Å². The van der Waals surface area contributed by atoms with Crippen LogP contribution in [-0.4, -0.2) is 49.2 Å². The minimum absolute atomic E-state index is 0.125. The molecule has 0 aliphatic rings. The summed E-state index contributed by atoms with van der Waals surface area (Å²) < 4.78 is 1.63. The van der Waals surface area contributed by atoms with Gasteiger partial charge in [0.1, 0.15) is 24.1 Å². The number of rotatable bonds is 4. The Balaban J connectivity index is 2.35. The molecule has 6 nitrogen and oxygen atoms in total. The number of aromatic nitrogens is 2. The first-order valence-corrected chi connectivity index (χ1v) is 7.02. The molecule has 1 heterocycles. The molecule has 1 aromatic heterocycles. The zero-order valence-corrected chi connectivity index (χ0v) is 12.8. The summed E-state index contributed by atoms with van der Waals surface area (Å²) in [7, 11) is 0. The summed E-state index contributed by atoms with van der Waals surface area (Å²) in [6.45, 7) is -0.643. The van der Waals surface area contributed by atoms with Crippen molar-refractivity contribution in [1.29, 1.82) is 0 Å². The average Bonchev–Trinajstić information content (AvgIpc) is 2.79. The normalized spacial score (nSPS) is 16.5. The average molecular weight is 396 g/mol. The number of hydrogen-bond donors (Lipinski definition) is 5. The van der Waals surface area contributed by atoms with Crippen molar-refractivity contribution in [3.05, 3.63) is 26.9 Å². The van der Waals surface area contributed by atoms with Gasteiger partial charge in [0.25, 0.3) is 0 Å². The number of aromatic amines is 1. The Kier molecular flexibility index (Phi) is 4.59. The minimum Gasteiger partial charge on any atom is -0.394 e. The van der Waals surface area contributed by atoms with E-state index in [4.69, 9.17) is 5.11 Å². The summed E-state index contributed by atoms with van der Waals surface area (Å²) in [4.78, 5) is 7.00. The van der Waals surface area contributed by atoms with Crippen molar-refractivity contribution in [2.24, 2.45) is 0 Å². The number of benzene rings is 1. The molecule has 0 radical (unpaired) electrons. The molecule has 1 aromatic carbocycles. The summed E-state index contributed by atoms with van der Waals surface area (Å²) in [6, 6.07) is 3.53. The highest BCUT2D eigenvalue weighted by atomic mass is 79.9. The summed E-state index contributed by atoms with van der Waals surface area (Å²) in [6.07, 6.45) is -4.36. The molecule has 2 rings (SSSR count). The number of nitrogens with one attached hydrogen (secondary N) is 1. The third-order valence-electron chi connectivity index (χ3n) is 2.73. The van der Waals surface area contributed by atoms with Gasteiger partial charge in [-0.3, -0.25) is 0 Å². The second kappa shape index (κ2) is 5.86. The predicted molar refractivity (Wildman–Crippen MR) is 75.6 cm³/mol. The molecule has 0 saturated carbocycles. The van der Waals surface area contributed by atoms with Gasteiger partial charge >= 0.3 is 0 Å². The lowest BCUT2D eigenvalue weighted by Gasteiger charge is -2.19. The Labute approximate surface area is 125 Å². The molecule has 0 aliphatic heterocycles. The fourth-order valence-electron chi connectivity index (χ4n) is 1.64. The lowest BCUT2D eigenvalue weighted by molar-refractivity contribution is -0.0800. The largest absolute Gasteiger partial charge is 0.394 e. The van der Waals surface area contributed by atoms with Gasteiger partial charge in [-0.1, -0.05) is 0 Å². The van der Waals surface area contributed by atoms with Gasteiger partial charge in [-0.05, 0) is 44.0 Å². The monoisotopic (exact) mass is 394 g/mol.